The lowest BCUT2D eigenvalue weighted by Gasteiger charge is -2.21. The molecule has 22 heavy (non-hydrogen) atoms. The van der Waals surface area contributed by atoms with Crippen LogP contribution in [0.1, 0.15) is 23.0 Å². The summed E-state index contributed by atoms with van der Waals surface area (Å²) in [6.45, 7) is 1.68. The minimum absolute atomic E-state index is 0.0720. The summed E-state index contributed by atoms with van der Waals surface area (Å²) in [5, 5.41) is 15.0. The molecule has 1 heterocycles. The van der Waals surface area contributed by atoms with Crippen LogP contribution in [0.25, 0.3) is 10.8 Å². The number of furan rings is 1. The third-order valence-corrected chi connectivity index (χ3v) is 3.68. The number of amides is 1. The number of hydrogen-bond acceptors (Lipinski definition) is 3. The molecular weight excluding hydrogens is 278 g/mol. The molecule has 2 N–H and O–H groups in total. The van der Waals surface area contributed by atoms with Gasteiger partial charge in [-0.05, 0) is 35.9 Å². The molecule has 0 fully saturated rings. The molecule has 0 bridgehead atoms. The molecule has 0 aliphatic carbocycles. The van der Waals surface area contributed by atoms with Gasteiger partial charge in [-0.2, -0.15) is 0 Å². The molecule has 1 atom stereocenters. The van der Waals surface area contributed by atoms with Crippen LogP contribution in [0.2, 0.25) is 0 Å². The van der Waals surface area contributed by atoms with Crippen molar-refractivity contribution in [3.05, 3.63) is 72.2 Å². The lowest BCUT2D eigenvalue weighted by atomic mass is 10.0. The lowest BCUT2D eigenvalue weighted by Crippen LogP contribution is -2.38. The molecule has 1 aromatic heterocycles. The smallest absolute Gasteiger partial charge is 0.252 e. The molecule has 0 saturated heterocycles. The Morgan fingerprint density at radius 1 is 1.14 bits per heavy atom. The van der Waals surface area contributed by atoms with Crippen molar-refractivity contribution in [1.29, 1.82) is 0 Å². The molecule has 112 valence electrons. The van der Waals surface area contributed by atoms with E-state index in [4.69, 9.17) is 4.42 Å². The maximum atomic E-state index is 12.4. The molecule has 0 spiro atoms. The van der Waals surface area contributed by atoms with Crippen molar-refractivity contribution in [2.45, 2.75) is 12.5 Å². The summed E-state index contributed by atoms with van der Waals surface area (Å²) < 4.78 is 5.21. The first-order valence-electron chi connectivity index (χ1n) is 7.10. The maximum Gasteiger partial charge on any atom is 0.252 e. The molecule has 0 aliphatic rings. The number of nitrogens with one attached hydrogen (secondary N) is 1. The zero-order valence-corrected chi connectivity index (χ0v) is 12.2. The Labute approximate surface area is 128 Å². The molecule has 0 radical (unpaired) electrons. The minimum atomic E-state index is -1.25. The SMILES string of the molecule is CC(O)(CNC(=O)c1cccc2ccccc12)c1ccco1. The van der Waals surface area contributed by atoms with Gasteiger partial charge in [-0.3, -0.25) is 4.79 Å². The van der Waals surface area contributed by atoms with Crippen LogP contribution in [0, 0.1) is 0 Å². The highest BCUT2D eigenvalue weighted by Gasteiger charge is 2.27. The molecule has 3 aromatic rings. The molecule has 3 rings (SSSR count). The first-order valence-corrected chi connectivity index (χ1v) is 7.10. The van der Waals surface area contributed by atoms with Crippen LogP contribution in [-0.2, 0) is 5.60 Å². The Morgan fingerprint density at radius 2 is 1.91 bits per heavy atom. The standard InChI is InChI=1S/C18H17NO3/c1-18(21,16-10-5-11-22-16)12-19-17(20)15-9-4-7-13-6-2-3-8-14(13)15/h2-11,21H,12H2,1H3,(H,19,20). The van der Waals surface area contributed by atoms with Crippen molar-refractivity contribution in [3.8, 4) is 0 Å². The van der Waals surface area contributed by atoms with Gasteiger partial charge in [-0.15, -0.1) is 0 Å². The second-order valence-electron chi connectivity index (χ2n) is 5.46. The Bertz CT molecular complexity index is 786. The van der Waals surface area contributed by atoms with E-state index in [0.29, 0.717) is 11.3 Å². The zero-order chi connectivity index (χ0) is 15.6. The van der Waals surface area contributed by atoms with Crippen LogP contribution in [0.15, 0.2) is 65.3 Å². The van der Waals surface area contributed by atoms with Crippen molar-refractivity contribution in [2.75, 3.05) is 6.54 Å². The van der Waals surface area contributed by atoms with E-state index in [0.717, 1.165) is 10.8 Å². The van der Waals surface area contributed by atoms with Crippen molar-refractivity contribution in [2.24, 2.45) is 0 Å². The average molecular weight is 295 g/mol. The fourth-order valence-electron chi connectivity index (χ4n) is 2.44. The van der Waals surface area contributed by atoms with Gasteiger partial charge in [0.15, 0.2) is 0 Å². The highest BCUT2D eigenvalue weighted by Crippen LogP contribution is 2.21. The van der Waals surface area contributed by atoms with Crippen molar-refractivity contribution >= 4 is 16.7 Å². The highest BCUT2D eigenvalue weighted by atomic mass is 16.4. The summed E-state index contributed by atoms with van der Waals surface area (Å²) in [6.07, 6.45) is 1.50. The van der Waals surface area contributed by atoms with Crippen LogP contribution in [0.4, 0.5) is 0 Å². The minimum Gasteiger partial charge on any atom is -0.466 e. The second kappa shape index (κ2) is 5.66. The molecule has 0 aliphatic heterocycles. The van der Waals surface area contributed by atoms with Gasteiger partial charge in [-0.25, -0.2) is 0 Å². The van der Waals surface area contributed by atoms with Gasteiger partial charge >= 0.3 is 0 Å². The molecule has 0 saturated carbocycles. The topological polar surface area (TPSA) is 62.5 Å². The average Bonchev–Trinajstić information content (AvgIpc) is 3.07. The molecule has 1 amide bonds. The fourth-order valence-corrected chi connectivity index (χ4v) is 2.44. The predicted octanol–water partition coefficient (Wildman–Crippen LogP) is 3.07. The summed E-state index contributed by atoms with van der Waals surface area (Å²) in [6, 6.07) is 16.7. The van der Waals surface area contributed by atoms with E-state index in [1.54, 1.807) is 25.1 Å². The molecule has 4 heteroatoms. The first kappa shape index (κ1) is 14.4. The summed E-state index contributed by atoms with van der Waals surface area (Å²) in [5.74, 6) is 0.203. The third-order valence-electron chi connectivity index (χ3n) is 3.68. The van der Waals surface area contributed by atoms with E-state index in [2.05, 4.69) is 5.32 Å². The van der Waals surface area contributed by atoms with Crippen molar-refractivity contribution in [1.82, 2.24) is 5.32 Å². The Morgan fingerprint density at radius 3 is 2.68 bits per heavy atom. The van der Waals surface area contributed by atoms with E-state index in [-0.39, 0.29) is 12.5 Å². The van der Waals surface area contributed by atoms with E-state index in [9.17, 15) is 9.90 Å². The Hall–Kier alpha value is -2.59. The predicted molar refractivity (Wildman–Crippen MR) is 84.6 cm³/mol. The normalized spacial score (nSPS) is 13.7. The lowest BCUT2D eigenvalue weighted by molar-refractivity contribution is 0.0330. The number of carbonyl (C=O) groups excluding carboxylic acids is 1. The van der Waals surface area contributed by atoms with Crippen LogP contribution in [0.3, 0.4) is 0 Å². The van der Waals surface area contributed by atoms with Gasteiger partial charge in [0, 0.05) is 5.56 Å². The molecule has 1 unspecified atom stereocenters. The van der Waals surface area contributed by atoms with Crippen LogP contribution >= 0.6 is 0 Å². The molecular formula is C18H17NO3. The highest BCUT2D eigenvalue weighted by molar-refractivity contribution is 6.07. The largest absolute Gasteiger partial charge is 0.466 e. The quantitative estimate of drug-likeness (QED) is 0.777. The third kappa shape index (κ3) is 2.73. The van der Waals surface area contributed by atoms with Gasteiger partial charge in [0.1, 0.15) is 11.4 Å². The summed E-state index contributed by atoms with van der Waals surface area (Å²) in [7, 11) is 0. The zero-order valence-electron chi connectivity index (χ0n) is 12.2. The number of rotatable bonds is 4. The molecule has 4 nitrogen and oxygen atoms in total. The summed E-state index contributed by atoms with van der Waals surface area (Å²) in [5.41, 5.74) is -0.655. The van der Waals surface area contributed by atoms with Crippen molar-refractivity contribution in [3.63, 3.8) is 0 Å². The van der Waals surface area contributed by atoms with Crippen molar-refractivity contribution < 1.29 is 14.3 Å². The van der Waals surface area contributed by atoms with Crippen LogP contribution in [0.5, 0.6) is 0 Å². The van der Waals surface area contributed by atoms with Gasteiger partial charge in [0.2, 0.25) is 0 Å². The van der Waals surface area contributed by atoms with Gasteiger partial charge in [-0.1, -0.05) is 36.4 Å². The number of benzene rings is 2. The number of aliphatic hydroxyl groups is 1. The van der Waals surface area contributed by atoms with Gasteiger partial charge < -0.3 is 14.8 Å². The van der Waals surface area contributed by atoms with E-state index in [1.807, 2.05) is 36.4 Å². The monoisotopic (exact) mass is 295 g/mol. The Balaban J connectivity index is 1.80. The number of fused-ring (bicyclic) bond motifs is 1. The van der Waals surface area contributed by atoms with Gasteiger partial charge in [0.05, 0.1) is 12.8 Å². The number of hydrogen-bond donors (Lipinski definition) is 2. The number of carbonyl (C=O) groups is 1. The van der Waals surface area contributed by atoms with Gasteiger partial charge in [0.25, 0.3) is 5.91 Å². The molecule has 2 aromatic carbocycles. The van der Waals surface area contributed by atoms with Crippen LogP contribution in [-0.4, -0.2) is 17.6 Å². The van der Waals surface area contributed by atoms with Crippen LogP contribution < -0.4 is 5.32 Å². The fraction of sp³-hybridized carbons (Fsp3) is 0.167. The summed E-state index contributed by atoms with van der Waals surface area (Å²) >= 11 is 0. The maximum absolute atomic E-state index is 12.4. The second-order valence-corrected chi connectivity index (χ2v) is 5.46. The Kier molecular flexibility index (Phi) is 3.69. The van der Waals surface area contributed by atoms with E-state index >= 15 is 0 Å². The van der Waals surface area contributed by atoms with E-state index < -0.39 is 5.60 Å². The van der Waals surface area contributed by atoms with E-state index in [1.165, 1.54) is 6.26 Å². The first-order chi connectivity index (χ1) is 10.6. The summed E-state index contributed by atoms with van der Waals surface area (Å²) in [4.78, 5) is 12.4.